The van der Waals surface area contributed by atoms with Crippen LogP contribution in [0.15, 0.2) is 53.4 Å². The summed E-state index contributed by atoms with van der Waals surface area (Å²) in [5, 5.41) is -0.546. The van der Waals surface area contributed by atoms with E-state index < -0.39 is 17.0 Å². The number of hydrogen-bond acceptors (Lipinski definition) is 4. The minimum Gasteiger partial charge on any atom is -0.399 e. The minimum absolute atomic E-state index is 0.0120. The molecule has 0 radical (unpaired) electrons. The van der Waals surface area contributed by atoms with E-state index in [1.165, 1.54) is 30.0 Å². The van der Waals surface area contributed by atoms with Gasteiger partial charge in [0.25, 0.3) is 0 Å². The van der Waals surface area contributed by atoms with Gasteiger partial charge in [0.05, 0.1) is 10.9 Å². The van der Waals surface area contributed by atoms with E-state index in [1.54, 1.807) is 30.3 Å². The van der Waals surface area contributed by atoms with Crippen LogP contribution in [0.1, 0.15) is 6.42 Å². The minimum atomic E-state index is -0.581. The third kappa shape index (κ3) is 2.69. The molecule has 0 saturated carbocycles. The van der Waals surface area contributed by atoms with Gasteiger partial charge in [0.1, 0.15) is 5.82 Å². The first-order valence-electron chi connectivity index (χ1n) is 6.70. The van der Waals surface area contributed by atoms with Crippen LogP contribution in [0.3, 0.4) is 0 Å². The van der Waals surface area contributed by atoms with Gasteiger partial charge in [-0.2, -0.15) is 0 Å². The summed E-state index contributed by atoms with van der Waals surface area (Å²) in [6.45, 7) is 0. The molecule has 6 heteroatoms. The molecule has 4 nitrogen and oxygen atoms in total. The van der Waals surface area contributed by atoms with Gasteiger partial charge in [-0.15, -0.1) is 11.8 Å². The van der Waals surface area contributed by atoms with E-state index in [-0.39, 0.29) is 18.0 Å². The molecule has 2 amide bonds. The van der Waals surface area contributed by atoms with Crippen LogP contribution < -0.4 is 10.6 Å². The number of amides is 2. The van der Waals surface area contributed by atoms with Gasteiger partial charge in [0.15, 0.2) is 0 Å². The number of nitrogen functional groups attached to an aromatic ring is 1. The standard InChI is InChI=1S/C16H13FN2O2S/c17-12-3-1-2-4-13(12)19-15(20)9-14(16(19)21)22-11-7-5-10(18)6-8-11/h1-8,14H,9,18H2. The lowest BCUT2D eigenvalue weighted by Crippen LogP contribution is -2.31. The number of halogens is 1. The van der Waals surface area contributed by atoms with E-state index in [4.69, 9.17) is 5.73 Å². The van der Waals surface area contributed by atoms with Crippen LogP contribution >= 0.6 is 11.8 Å². The van der Waals surface area contributed by atoms with Crippen molar-refractivity contribution < 1.29 is 14.0 Å². The van der Waals surface area contributed by atoms with Crippen molar-refractivity contribution in [3.05, 3.63) is 54.3 Å². The number of imide groups is 1. The average molecular weight is 316 g/mol. The number of carbonyl (C=O) groups excluding carboxylic acids is 2. The molecular formula is C16H13FN2O2S. The van der Waals surface area contributed by atoms with Crippen LogP contribution in [-0.4, -0.2) is 17.1 Å². The molecule has 1 heterocycles. The fraction of sp³-hybridized carbons (Fsp3) is 0.125. The van der Waals surface area contributed by atoms with Crippen molar-refractivity contribution in [2.24, 2.45) is 0 Å². The fourth-order valence-electron chi connectivity index (χ4n) is 2.29. The SMILES string of the molecule is Nc1ccc(SC2CC(=O)N(c3ccccc3F)C2=O)cc1. The zero-order chi connectivity index (χ0) is 15.7. The van der Waals surface area contributed by atoms with Crippen LogP contribution in [0, 0.1) is 5.82 Å². The maximum absolute atomic E-state index is 13.8. The van der Waals surface area contributed by atoms with E-state index in [0.717, 1.165) is 9.80 Å². The summed E-state index contributed by atoms with van der Waals surface area (Å²) < 4.78 is 13.8. The van der Waals surface area contributed by atoms with E-state index in [2.05, 4.69) is 0 Å². The van der Waals surface area contributed by atoms with Gasteiger partial charge in [-0.1, -0.05) is 12.1 Å². The molecule has 0 spiro atoms. The van der Waals surface area contributed by atoms with E-state index >= 15 is 0 Å². The summed E-state index contributed by atoms with van der Waals surface area (Å²) in [6, 6.07) is 12.8. The third-order valence-corrected chi connectivity index (χ3v) is 4.55. The van der Waals surface area contributed by atoms with Crippen molar-refractivity contribution in [2.75, 3.05) is 10.6 Å². The number of carbonyl (C=O) groups is 2. The molecule has 0 aromatic heterocycles. The molecule has 0 bridgehead atoms. The maximum Gasteiger partial charge on any atom is 0.247 e. The van der Waals surface area contributed by atoms with Crippen molar-refractivity contribution in [1.29, 1.82) is 0 Å². The number of para-hydroxylation sites is 1. The largest absolute Gasteiger partial charge is 0.399 e. The summed E-state index contributed by atoms with van der Waals surface area (Å²) >= 11 is 1.29. The molecule has 1 aliphatic rings. The Morgan fingerprint density at radius 2 is 1.77 bits per heavy atom. The van der Waals surface area contributed by atoms with Crippen LogP contribution in [0.25, 0.3) is 0 Å². The van der Waals surface area contributed by atoms with Crippen LogP contribution in [0.4, 0.5) is 15.8 Å². The highest BCUT2D eigenvalue weighted by Gasteiger charge is 2.41. The molecule has 0 aliphatic carbocycles. The Bertz CT molecular complexity index is 733. The monoisotopic (exact) mass is 316 g/mol. The number of thioether (sulfide) groups is 1. The maximum atomic E-state index is 13.8. The molecule has 2 N–H and O–H groups in total. The summed E-state index contributed by atoms with van der Waals surface area (Å²) in [5.41, 5.74) is 6.26. The second-order valence-electron chi connectivity index (χ2n) is 4.90. The highest BCUT2D eigenvalue weighted by molar-refractivity contribution is 8.00. The second-order valence-corrected chi connectivity index (χ2v) is 6.17. The molecule has 22 heavy (non-hydrogen) atoms. The van der Waals surface area contributed by atoms with Crippen molar-refractivity contribution in [2.45, 2.75) is 16.6 Å². The molecular weight excluding hydrogens is 303 g/mol. The normalized spacial score (nSPS) is 18.0. The summed E-state index contributed by atoms with van der Waals surface area (Å²) in [4.78, 5) is 26.3. The first kappa shape index (κ1) is 14.6. The molecule has 1 aliphatic heterocycles. The predicted octanol–water partition coefficient (Wildman–Crippen LogP) is 2.83. The third-order valence-electron chi connectivity index (χ3n) is 3.36. The molecule has 1 atom stereocenters. The van der Waals surface area contributed by atoms with Crippen LogP contribution in [0.5, 0.6) is 0 Å². The second kappa shape index (κ2) is 5.81. The quantitative estimate of drug-likeness (QED) is 0.698. The van der Waals surface area contributed by atoms with Crippen LogP contribution in [-0.2, 0) is 9.59 Å². The topological polar surface area (TPSA) is 63.4 Å². The Kier molecular flexibility index (Phi) is 3.85. The molecule has 2 aromatic carbocycles. The Labute approximate surface area is 131 Å². The molecule has 2 aromatic rings. The zero-order valence-electron chi connectivity index (χ0n) is 11.5. The Hall–Kier alpha value is -2.34. The number of rotatable bonds is 3. The van der Waals surface area contributed by atoms with E-state index in [1.807, 2.05) is 0 Å². The van der Waals surface area contributed by atoms with Gasteiger partial charge in [-0.25, -0.2) is 9.29 Å². The van der Waals surface area contributed by atoms with Crippen molar-refractivity contribution >= 4 is 35.0 Å². The molecule has 112 valence electrons. The first-order chi connectivity index (χ1) is 10.6. The number of hydrogen-bond donors (Lipinski definition) is 1. The number of nitrogens with zero attached hydrogens (tertiary/aromatic N) is 1. The van der Waals surface area contributed by atoms with Gasteiger partial charge >= 0.3 is 0 Å². The van der Waals surface area contributed by atoms with Crippen molar-refractivity contribution in [3.8, 4) is 0 Å². The zero-order valence-corrected chi connectivity index (χ0v) is 12.3. The Balaban J connectivity index is 1.82. The molecule has 3 rings (SSSR count). The Morgan fingerprint density at radius 3 is 2.45 bits per heavy atom. The lowest BCUT2D eigenvalue weighted by molar-refractivity contribution is -0.121. The predicted molar refractivity (Wildman–Crippen MR) is 84.0 cm³/mol. The fourth-order valence-corrected chi connectivity index (χ4v) is 3.35. The molecule has 1 saturated heterocycles. The smallest absolute Gasteiger partial charge is 0.247 e. The highest BCUT2D eigenvalue weighted by Crippen LogP contribution is 2.34. The summed E-state index contributed by atoms with van der Waals surface area (Å²) in [6.07, 6.45) is 0.0577. The van der Waals surface area contributed by atoms with Gasteiger partial charge in [-0.3, -0.25) is 9.59 Å². The van der Waals surface area contributed by atoms with E-state index in [9.17, 15) is 14.0 Å². The van der Waals surface area contributed by atoms with Crippen molar-refractivity contribution in [3.63, 3.8) is 0 Å². The van der Waals surface area contributed by atoms with Crippen LogP contribution in [0.2, 0.25) is 0 Å². The lowest BCUT2D eigenvalue weighted by Gasteiger charge is -2.15. The molecule has 1 unspecified atom stereocenters. The van der Waals surface area contributed by atoms with Gasteiger partial charge in [-0.05, 0) is 36.4 Å². The first-order valence-corrected chi connectivity index (χ1v) is 7.58. The number of nitrogens with two attached hydrogens (primary N) is 1. The number of anilines is 2. The van der Waals surface area contributed by atoms with Gasteiger partial charge in [0, 0.05) is 17.0 Å². The van der Waals surface area contributed by atoms with Gasteiger partial charge in [0.2, 0.25) is 11.8 Å². The van der Waals surface area contributed by atoms with E-state index in [0.29, 0.717) is 5.69 Å². The molecule has 1 fully saturated rings. The average Bonchev–Trinajstić information content (AvgIpc) is 2.77. The summed E-state index contributed by atoms with van der Waals surface area (Å²) in [7, 11) is 0. The Morgan fingerprint density at radius 1 is 1.09 bits per heavy atom. The summed E-state index contributed by atoms with van der Waals surface area (Å²) in [5.74, 6) is -1.36. The van der Waals surface area contributed by atoms with Crippen molar-refractivity contribution in [1.82, 2.24) is 0 Å². The highest BCUT2D eigenvalue weighted by atomic mass is 32.2. The number of benzene rings is 2. The van der Waals surface area contributed by atoms with Gasteiger partial charge < -0.3 is 5.73 Å². The lowest BCUT2D eigenvalue weighted by atomic mass is 10.3.